The molecule has 1 N–H and O–H groups in total. The zero-order chi connectivity index (χ0) is 19.6. The first-order valence-electron chi connectivity index (χ1n) is 9.17. The molecule has 1 saturated heterocycles. The van der Waals surface area contributed by atoms with Crippen LogP contribution in [0.4, 0.5) is 5.69 Å². The highest BCUT2D eigenvalue weighted by Gasteiger charge is 2.31. The molecule has 0 bridgehead atoms. The highest BCUT2D eigenvalue weighted by atomic mass is 32.2. The van der Waals surface area contributed by atoms with E-state index in [1.807, 2.05) is 0 Å². The SMILES string of the molecule is CC1CC(C)CN(S(=O)(=O)c2ccc(NC(=O)C(C)n3cccn3)cc2)C1. The van der Waals surface area contributed by atoms with Crippen molar-refractivity contribution in [3.8, 4) is 0 Å². The van der Waals surface area contributed by atoms with E-state index in [9.17, 15) is 13.2 Å². The first-order valence-corrected chi connectivity index (χ1v) is 10.6. The van der Waals surface area contributed by atoms with Crippen LogP contribution in [0.1, 0.15) is 33.2 Å². The molecule has 1 fully saturated rings. The summed E-state index contributed by atoms with van der Waals surface area (Å²) in [4.78, 5) is 12.6. The van der Waals surface area contributed by atoms with Crippen molar-refractivity contribution < 1.29 is 13.2 Å². The Morgan fingerprint density at radius 1 is 1.19 bits per heavy atom. The second kappa shape index (κ2) is 7.82. The summed E-state index contributed by atoms with van der Waals surface area (Å²) in [6.07, 6.45) is 4.39. The molecule has 0 saturated carbocycles. The maximum Gasteiger partial charge on any atom is 0.248 e. The third kappa shape index (κ3) is 4.39. The minimum Gasteiger partial charge on any atom is -0.324 e. The standard InChI is InChI=1S/C19H26N4O3S/c1-14-11-15(2)13-22(12-14)27(25,26)18-7-5-17(6-8-18)21-19(24)16(3)23-10-4-9-20-23/h4-10,14-16H,11-13H2,1-3H3,(H,21,24). The van der Waals surface area contributed by atoms with Gasteiger partial charge in [-0.2, -0.15) is 9.40 Å². The summed E-state index contributed by atoms with van der Waals surface area (Å²) >= 11 is 0. The molecule has 2 aromatic rings. The number of hydrogen-bond donors (Lipinski definition) is 1. The molecule has 27 heavy (non-hydrogen) atoms. The normalized spacial score (nSPS) is 22.3. The van der Waals surface area contributed by atoms with Crippen LogP contribution in [0.25, 0.3) is 0 Å². The second-order valence-electron chi connectivity index (χ2n) is 7.44. The van der Waals surface area contributed by atoms with Crippen molar-refractivity contribution in [3.05, 3.63) is 42.7 Å². The van der Waals surface area contributed by atoms with Crippen LogP contribution in [-0.4, -0.2) is 41.5 Å². The number of nitrogens with zero attached hydrogens (tertiary/aromatic N) is 3. The number of carbonyl (C=O) groups excluding carboxylic acids is 1. The average molecular weight is 391 g/mol. The molecule has 8 heteroatoms. The van der Waals surface area contributed by atoms with Gasteiger partial charge in [-0.15, -0.1) is 0 Å². The van der Waals surface area contributed by atoms with Crippen LogP contribution in [0.2, 0.25) is 0 Å². The smallest absolute Gasteiger partial charge is 0.248 e. The summed E-state index contributed by atoms with van der Waals surface area (Å²) in [6, 6.07) is 7.64. The molecule has 0 aliphatic carbocycles. The van der Waals surface area contributed by atoms with Crippen LogP contribution in [0, 0.1) is 11.8 Å². The third-order valence-corrected chi connectivity index (χ3v) is 6.74. The van der Waals surface area contributed by atoms with Gasteiger partial charge in [-0.3, -0.25) is 9.48 Å². The zero-order valence-electron chi connectivity index (χ0n) is 15.9. The molecule has 0 spiro atoms. The van der Waals surface area contributed by atoms with E-state index in [1.54, 1.807) is 58.6 Å². The van der Waals surface area contributed by atoms with E-state index in [0.717, 1.165) is 6.42 Å². The fourth-order valence-corrected chi connectivity index (χ4v) is 5.22. The van der Waals surface area contributed by atoms with Crippen molar-refractivity contribution >= 4 is 21.6 Å². The molecule has 0 radical (unpaired) electrons. The van der Waals surface area contributed by atoms with Gasteiger partial charge in [-0.1, -0.05) is 13.8 Å². The molecule has 1 aromatic carbocycles. The van der Waals surface area contributed by atoms with Crippen molar-refractivity contribution in [1.29, 1.82) is 0 Å². The number of sulfonamides is 1. The van der Waals surface area contributed by atoms with Crippen LogP contribution < -0.4 is 5.32 Å². The van der Waals surface area contributed by atoms with Gasteiger partial charge in [-0.05, 0) is 55.5 Å². The van der Waals surface area contributed by atoms with Gasteiger partial charge in [0.1, 0.15) is 6.04 Å². The fraction of sp³-hybridized carbons (Fsp3) is 0.474. The van der Waals surface area contributed by atoms with Gasteiger partial charge in [0.15, 0.2) is 0 Å². The molecule has 2 heterocycles. The first-order chi connectivity index (χ1) is 12.8. The number of hydrogen-bond acceptors (Lipinski definition) is 4. The molecule has 7 nitrogen and oxygen atoms in total. The fourth-order valence-electron chi connectivity index (χ4n) is 3.54. The number of piperidine rings is 1. The molecule has 1 aromatic heterocycles. The van der Waals surface area contributed by atoms with E-state index in [1.165, 1.54) is 0 Å². The monoisotopic (exact) mass is 390 g/mol. The number of benzene rings is 1. The Kier molecular flexibility index (Phi) is 5.67. The van der Waals surface area contributed by atoms with Gasteiger partial charge in [0.2, 0.25) is 15.9 Å². The molecular weight excluding hydrogens is 364 g/mol. The molecule has 3 atom stereocenters. The van der Waals surface area contributed by atoms with E-state index < -0.39 is 16.1 Å². The Morgan fingerprint density at radius 2 is 1.81 bits per heavy atom. The predicted octanol–water partition coefficient (Wildman–Crippen LogP) is 2.75. The molecule has 1 amide bonds. The van der Waals surface area contributed by atoms with Gasteiger partial charge in [-0.25, -0.2) is 8.42 Å². The predicted molar refractivity (Wildman–Crippen MR) is 104 cm³/mol. The average Bonchev–Trinajstić information content (AvgIpc) is 3.15. The van der Waals surface area contributed by atoms with E-state index in [4.69, 9.17) is 0 Å². The topological polar surface area (TPSA) is 84.3 Å². The minimum absolute atomic E-state index is 0.215. The van der Waals surface area contributed by atoms with E-state index in [-0.39, 0.29) is 10.8 Å². The Bertz CT molecular complexity index is 868. The van der Waals surface area contributed by atoms with Crippen molar-refractivity contribution in [2.24, 2.45) is 11.8 Å². The zero-order valence-corrected chi connectivity index (χ0v) is 16.7. The third-order valence-electron chi connectivity index (χ3n) is 4.90. The number of carbonyl (C=O) groups is 1. The highest BCUT2D eigenvalue weighted by molar-refractivity contribution is 7.89. The van der Waals surface area contributed by atoms with Crippen molar-refractivity contribution in [1.82, 2.24) is 14.1 Å². The van der Waals surface area contributed by atoms with E-state index in [2.05, 4.69) is 24.3 Å². The second-order valence-corrected chi connectivity index (χ2v) is 9.38. The van der Waals surface area contributed by atoms with Crippen molar-refractivity contribution in [2.75, 3.05) is 18.4 Å². The van der Waals surface area contributed by atoms with Gasteiger partial charge in [0, 0.05) is 31.2 Å². The number of amides is 1. The van der Waals surface area contributed by atoms with Crippen molar-refractivity contribution in [3.63, 3.8) is 0 Å². The maximum absolute atomic E-state index is 12.9. The minimum atomic E-state index is -3.52. The van der Waals surface area contributed by atoms with Crippen LogP contribution in [0.3, 0.4) is 0 Å². The van der Waals surface area contributed by atoms with Gasteiger partial charge in [0.05, 0.1) is 4.90 Å². The van der Waals surface area contributed by atoms with E-state index >= 15 is 0 Å². The lowest BCUT2D eigenvalue weighted by atomic mass is 9.94. The summed E-state index contributed by atoms with van der Waals surface area (Å²) in [5, 5.41) is 6.85. The lowest BCUT2D eigenvalue weighted by Crippen LogP contribution is -2.42. The molecule has 1 aliphatic rings. The summed E-state index contributed by atoms with van der Waals surface area (Å²) in [6.45, 7) is 7.01. The summed E-state index contributed by atoms with van der Waals surface area (Å²) in [7, 11) is -3.52. The molecule has 1 aliphatic heterocycles. The van der Waals surface area contributed by atoms with E-state index in [0.29, 0.717) is 30.6 Å². The lowest BCUT2D eigenvalue weighted by Gasteiger charge is -2.34. The number of aromatic nitrogens is 2. The van der Waals surface area contributed by atoms with Crippen LogP contribution in [0.15, 0.2) is 47.6 Å². The number of anilines is 1. The van der Waals surface area contributed by atoms with Gasteiger partial charge in [0.25, 0.3) is 0 Å². The van der Waals surface area contributed by atoms with Gasteiger partial charge >= 0.3 is 0 Å². The van der Waals surface area contributed by atoms with Crippen LogP contribution >= 0.6 is 0 Å². The Balaban J connectivity index is 1.70. The molecule has 146 valence electrons. The summed E-state index contributed by atoms with van der Waals surface area (Å²) < 4.78 is 28.9. The van der Waals surface area contributed by atoms with Crippen LogP contribution in [-0.2, 0) is 14.8 Å². The number of rotatable bonds is 5. The number of nitrogens with one attached hydrogen (secondary N) is 1. The Morgan fingerprint density at radius 3 is 2.37 bits per heavy atom. The Hall–Kier alpha value is -2.19. The van der Waals surface area contributed by atoms with Gasteiger partial charge < -0.3 is 5.32 Å². The quantitative estimate of drug-likeness (QED) is 0.851. The largest absolute Gasteiger partial charge is 0.324 e. The van der Waals surface area contributed by atoms with Crippen LogP contribution in [0.5, 0.6) is 0 Å². The Labute approximate surface area is 160 Å². The first kappa shape index (κ1) is 19.6. The molecule has 3 unspecified atom stereocenters. The molecule has 3 rings (SSSR count). The highest BCUT2D eigenvalue weighted by Crippen LogP contribution is 2.27. The molecular formula is C19H26N4O3S. The lowest BCUT2D eigenvalue weighted by molar-refractivity contribution is -0.119. The summed E-state index contributed by atoms with van der Waals surface area (Å²) in [5.41, 5.74) is 0.554. The maximum atomic E-state index is 12.9. The summed E-state index contributed by atoms with van der Waals surface area (Å²) in [5.74, 6) is 0.490. The van der Waals surface area contributed by atoms with Crippen molar-refractivity contribution in [2.45, 2.75) is 38.1 Å².